The van der Waals surface area contributed by atoms with Gasteiger partial charge in [-0.15, -0.1) is 0 Å². The molecule has 2 aliphatic carbocycles. The van der Waals surface area contributed by atoms with Gasteiger partial charge in [0.25, 0.3) is 0 Å². The monoisotopic (exact) mass is 380 g/mol. The minimum atomic E-state index is -0.0348. The number of benzene rings is 1. The van der Waals surface area contributed by atoms with Gasteiger partial charge in [0, 0.05) is 11.6 Å². The number of para-hydroxylation sites is 1. The van der Waals surface area contributed by atoms with E-state index in [4.69, 9.17) is 5.10 Å². The molecule has 5 heteroatoms. The summed E-state index contributed by atoms with van der Waals surface area (Å²) in [5, 5.41) is 11.3. The number of hydrogen-bond donors (Lipinski definition) is 2. The summed E-state index contributed by atoms with van der Waals surface area (Å²) in [4.78, 5) is 12.7. The highest BCUT2D eigenvalue weighted by Crippen LogP contribution is 2.42. The zero-order valence-corrected chi connectivity index (χ0v) is 17.3. The molecule has 28 heavy (non-hydrogen) atoms. The predicted molar refractivity (Wildman–Crippen MR) is 112 cm³/mol. The molecule has 0 bridgehead atoms. The van der Waals surface area contributed by atoms with Crippen LogP contribution in [0.15, 0.2) is 30.3 Å². The van der Waals surface area contributed by atoms with E-state index in [1.54, 1.807) is 0 Å². The number of nitrogens with one attached hydrogen (secondary N) is 2. The lowest BCUT2D eigenvalue weighted by atomic mass is 9.73. The number of aryl methyl sites for hydroxylation is 1. The first-order chi connectivity index (χ1) is 13.4. The number of aromatic nitrogens is 2. The maximum Gasteiger partial charge on any atom is 0.315 e. The molecule has 1 aromatic heterocycles. The summed E-state index contributed by atoms with van der Waals surface area (Å²) in [6.45, 7) is 6.62. The minimum Gasteiger partial charge on any atom is -0.335 e. The molecule has 150 valence electrons. The van der Waals surface area contributed by atoms with Gasteiger partial charge in [0.1, 0.15) is 0 Å². The van der Waals surface area contributed by atoms with Crippen molar-refractivity contribution in [3.8, 4) is 5.69 Å². The first-order valence-corrected chi connectivity index (χ1v) is 10.6. The first-order valence-electron chi connectivity index (χ1n) is 10.6. The van der Waals surface area contributed by atoms with E-state index in [1.807, 2.05) is 18.2 Å². The molecule has 1 heterocycles. The number of urea groups is 1. The third kappa shape index (κ3) is 3.94. The van der Waals surface area contributed by atoms with Crippen LogP contribution in [0.2, 0.25) is 0 Å². The normalized spacial score (nSPS) is 21.8. The number of carbonyl (C=O) groups excluding carboxylic acids is 1. The van der Waals surface area contributed by atoms with Crippen molar-refractivity contribution in [2.24, 2.45) is 5.41 Å². The Kier molecular flexibility index (Phi) is 5.17. The third-order valence-electron chi connectivity index (χ3n) is 6.20. The van der Waals surface area contributed by atoms with E-state index >= 15 is 0 Å². The molecular formula is C23H32N4O. The number of fused-ring (bicyclic) bond motifs is 1. The number of rotatable bonds is 3. The van der Waals surface area contributed by atoms with Gasteiger partial charge in [-0.1, -0.05) is 51.3 Å². The van der Waals surface area contributed by atoms with Crippen molar-refractivity contribution in [1.82, 2.24) is 20.4 Å². The summed E-state index contributed by atoms with van der Waals surface area (Å²) < 4.78 is 2.07. The Morgan fingerprint density at radius 2 is 1.82 bits per heavy atom. The summed E-state index contributed by atoms with van der Waals surface area (Å²) in [7, 11) is 0. The molecule has 1 unspecified atom stereocenters. The van der Waals surface area contributed by atoms with Crippen LogP contribution in [0.1, 0.15) is 75.4 Å². The molecule has 4 rings (SSSR count). The maximum absolute atomic E-state index is 12.7. The molecule has 5 nitrogen and oxygen atoms in total. The van der Waals surface area contributed by atoms with Gasteiger partial charge in [0.05, 0.1) is 23.1 Å². The van der Waals surface area contributed by atoms with E-state index in [2.05, 4.69) is 48.2 Å². The van der Waals surface area contributed by atoms with Crippen LogP contribution in [0.25, 0.3) is 5.69 Å². The van der Waals surface area contributed by atoms with Gasteiger partial charge >= 0.3 is 6.03 Å². The molecule has 1 aromatic carbocycles. The Labute approximate surface area is 167 Å². The second-order valence-corrected chi connectivity index (χ2v) is 9.24. The lowest BCUT2D eigenvalue weighted by Gasteiger charge is -2.36. The topological polar surface area (TPSA) is 59.0 Å². The summed E-state index contributed by atoms with van der Waals surface area (Å²) in [5.41, 5.74) is 4.62. The van der Waals surface area contributed by atoms with Gasteiger partial charge in [-0.3, -0.25) is 0 Å². The highest BCUT2D eigenvalue weighted by atomic mass is 16.2. The molecular weight excluding hydrogens is 348 g/mol. The average molecular weight is 381 g/mol. The van der Waals surface area contributed by atoms with Crippen LogP contribution in [0.5, 0.6) is 0 Å². The molecule has 1 fully saturated rings. The Morgan fingerprint density at radius 1 is 1.11 bits per heavy atom. The number of amides is 2. The van der Waals surface area contributed by atoms with Crippen molar-refractivity contribution in [3.63, 3.8) is 0 Å². The van der Waals surface area contributed by atoms with Gasteiger partial charge in [0.15, 0.2) is 0 Å². The van der Waals surface area contributed by atoms with Crippen LogP contribution in [-0.2, 0) is 6.42 Å². The number of carbonyl (C=O) groups is 1. The van der Waals surface area contributed by atoms with E-state index in [0.717, 1.165) is 37.1 Å². The summed E-state index contributed by atoms with van der Waals surface area (Å²) in [6, 6.07) is 10.6. The van der Waals surface area contributed by atoms with Crippen molar-refractivity contribution in [2.45, 2.75) is 77.8 Å². The van der Waals surface area contributed by atoms with E-state index in [0.29, 0.717) is 6.04 Å². The predicted octanol–water partition coefficient (Wildman–Crippen LogP) is 4.83. The fourth-order valence-corrected chi connectivity index (χ4v) is 4.93. The van der Waals surface area contributed by atoms with Crippen molar-refractivity contribution >= 4 is 6.03 Å². The summed E-state index contributed by atoms with van der Waals surface area (Å²) in [5.74, 6) is 0. The standard InChI is InChI=1S/C23H32N4O/c1-16-21-19(25-22(28)24-17-10-6-4-7-11-17)14-23(2,3)15-20(21)27(26-16)18-12-8-5-9-13-18/h5,8-9,12-13,17,19H,4,6-7,10-11,14-15H2,1-3H3,(H2,24,25,28). The smallest absolute Gasteiger partial charge is 0.315 e. The second kappa shape index (κ2) is 7.61. The van der Waals surface area contributed by atoms with Crippen molar-refractivity contribution in [1.29, 1.82) is 0 Å². The van der Waals surface area contributed by atoms with Crippen LogP contribution in [0.4, 0.5) is 4.79 Å². The molecule has 1 saturated carbocycles. The van der Waals surface area contributed by atoms with Crippen molar-refractivity contribution in [2.75, 3.05) is 0 Å². The Hall–Kier alpha value is -2.30. The largest absolute Gasteiger partial charge is 0.335 e. The molecule has 0 saturated heterocycles. The van der Waals surface area contributed by atoms with Crippen LogP contribution < -0.4 is 10.6 Å². The Morgan fingerprint density at radius 3 is 2.54 bits per heavy atom. The zero-order valence-electron chi connectivity index (χ0n) is 17.3. The quantitative estimate of drug-likeness (QED) is 0.801. The van der Waals surface area contributed by atoms with Gasteiger partial charge < -0.3 is 10.6 Å². The van der Waals surface area contributed by atoms with E-state index < -0.39 is 0 Å². The van der Waals surface area contributed by atoms with Crippen LogP contribution in [0.3, 0.4) is 0 Å². The number of nitrogens with zero attached hydrogens (tertiary/aromatic N) is 2. The fourth-order valence-electron chi connectivity index (χ4n) is 4.93. The van der Waals surface area contributed by atoms with E-state index in [-0.39, 0.29) is 17.5 Å². The van der Waals surface area contributed by atoms with E-state index in [1.165, 1.54) is 30.5 Å². The molecule has 1 atom stereocenters. The van der Waals surface area contributed by atoms with Crippen LogP contribution in [0, 0.1) is 12.3 Å². The third-order valence-corrected chi connectivity index (χ3v) is 6.20. The highest BCUT2D eigenvalue weighted by Gasteiger charge is 2.37. The molecule has 0 spiro atoms. The van der Waals surface area contributed by atoms with Gasteiger partial charge in [-0.2, -0.15) is 5.10 Å². The second-order valence-electron chi connectivity index (χ2n) is 9.24. The van der Waals surface area contributed by atoms with Crippen LogP contribution in [-0.4, -0.2) is 21.9 Å². The lowest BCUT2D eigenvalue weighted by molar-refractivity contribution is 0.214. The average Bonchev–Trinajstić information content (AvgIpc) is 2.98. The van der Waals surface area contributed by atoms with Crippen LogP contribution >= 0.6 is 0 Å². The van der Waals surface area contributed by atoms with E-state index in [9.17, 15) is 4.79 Å². The molecule has 2 amide bonds. The molecule has 0 radical (unpaired) electrons. The lowest BCUT2D eigenvalue weighted by Crippen LogP contribution is -2.46. The van der Waals surface area contributed by atoms with Crippen molar-refractivity contribution < 1.29 is 4.79 Å². The van der Waals surface area contributed by atoms with Gasteiger partial charge in [-0.25, -0.2) is 9.48 Å². The SMILES string of the molecule is Cc1nn(-c2ccccc2)c2c1C(NC(=O)NC1CCCCC1)CC(C)(C)C2. The molecule has 2 aliphatic rings. The maximum atomic E-state index is 12.7. The number of hydrogen-bond acceptors (Lipinski definition) is 2. The Bertz CT molecular complexity index is 834. The minimum absolute atomic E-state index is 0.000183. The molecule has 2 N–H and O–H groups in total. The molecule has 0 aliphatic heterocycles. The van der Waals surface area contributed by atoms with Crippen molar-refractivity contribution in [3.05, 3.63) is 47.3 Å². The van der Waals surface area contributed by atoms with Gasteiger partial charge in [-0.05, 0) is 50.2 Å². The Balaban J connectivity index is 1.60. The zero-order chi connectivity index (χ0) is 19.7. The molecule has 2 aromatic rings. The van der Waals surface area contributed by atoms with Gasteiger partial charge in [0.2, 0.25) is 0 Å². The highest BCUT2D eigenvalue weighted by molar-refractivity contribution is 5.75. The summed E-state index contributed by atoms with van der Waals surface area (Å²) in [6.07, 6.45) is 7.81. The first kappa shape index (κ1) is 19.0. The summed E-state index contributed by atoms with van der Waals surface area (Å²) >= 11 is 0. The fraction of sp³-hybridized carbons (Fsp3) is 0.565.